The van der Waals surface area contributed by atoms with Crippen LogP contribution in [0.25, 0.3) is 11.2 Å². The number of imidazole rings is 1. The number of ether oxygens (including phenoxy) is 3. The minimum atomic E-state index is -0.934. The van der Waals surface area contributed by atoms with Crippen molar-refractivity contribution in [1.29, 1.82) is 0 Å². The predicted octanol–water partition coefficient (Wildman–Crippen LogP) is -0.384. The van der Waals surface area contributed by atoms with Gasteiger partial charge < -0.3 is 29.2 Å². The maximum absolute atomic E-state index is 12.6. The highest BCUT2D eigenvalue weighted by Gasteiger charge is 2.20. The highest BCUT2D eigenvalue weighted by molar-refractivity contribution is 5.74. The molecule has 0 amide bonds. The van der Waals surface area contributed by atoms with Crippen molar-refractivity contribution in [1.82, 2.24) is 24.0 Å². The van der Waals surface area contributed by atoms with Crippen molar-refractivity contribution in [3.63, 3.8) is 0 Å². The lowest BCUT2D eigenvalue weighted by atomic mass is 10.3. The van der Waals surface area contributed by atoms with E-state index in [1.54, 1.807) is 43.0 Å². The van der Waals surface area contributed by atoms with E-state index in [1.807, 2.05) is 0 Å². The number of rotatable bonds is 10. The van der Waals surface area contributed by atoms with Gasteiger partial charge in [0.05, 0.1) is 26.9 Å². The fourth-order valence-corrected chi connectivity index (χ4v) is 3.83. The van der Waals surface area contributed by atoms with Crippen LogP contribution in [0.15, 0.2) is 33.9 Å². The van der Waals surface area contributed by atoms with Crippen LogP contribution in [0.1, 0.15) is 0 Å². The quantitative estimate of drug-likeness (QED) is 0.359. The number of aryl methyl sites for hydroxylation is 1. The first kappa shape index (κ1) is 23.8. The summed E-state index contributed by atoms with van der Waals surface area (Å²) in [5.41, 5.74) is -0.661. The molecule has 4 rings (SSSR count). The fraction of sp³-hybridized carbons (Fsp3) is 0.500. The van der Waals surface area contributed by atoms with Crippen LogP contribution in [-0.2, 0) is 18.3 Å². The van der Waals surface area contributed by atoms with E-state index in [1.165, 1.54) is 4.57 Å². The fourth-order valence-electron chi connectivity index (χ4n) is 3.83. The number of morpholine rings is 1. The Bertz CT molecular complexity index is 1210. The van der Waals surface area contributed by atoms with Crippen LogP contribution in [-0.4, -0.2) is 88.3 Å². The number of aromatic nitrogens is 4. The molecule has 3 aromatic rings. The van der Waals surface area contributed by atoms with Crippen molar-refractivity contribution in [3.8, 4) is 11.5 Å². The van der Waals surface area contributed by atoms with Crippen LogP contribution in [0.4, 0.5) is 5.95 Å². The zero-order chi connectivity index (χ0) is 24.1. The van der Waals surface area contributed by atoms with Gasteiger partial charge in [0.15, 0.2) is 11.2 Å². The number of nitrogens with zero attached hydrogens (tertiary/aromatic N) is 4. The standard InChI is InChI=1S/C22H30N6O6/c1-26-19-18(20(30)25-22(26)31)28(21(24-19)23-7-8-27-9-11-33-12-10-27)13-15(29)14-34-17-5-3-16(32-2)4-6-17/h3-6,15,29H,7-14H2,1-2H3,(H,23,24)(H,25,30,31)/t15-/m1/s1. The number of methoxy groups -OCH3 is 1. The Morgan fingerprint density at radius 3 is 2.62 bits per heavy atom. The molecule has 1 aliphatic heterocycles. The molecular formula is C22H30N6O6. The topological polar surface area (TPSA) is 136 Å². The molecule has 1 atom stereocenters. The Morgan fingerprint density at radius 1 is 1.21 bits per heavy atom. The first-order chi connectivity index (χ1) is 16.5. The zero-order valence-electron chi connectivity index (χ0n) is 19.3. The lowest BCUT2D eigenvalue weighted by Crippen LogP contribution is -2.39. The molecule has 0 aliphatic carbocycles. The second-order valence-electron chi connectivity index (χ2n) is 8.06. The van der Waals surface area contributed by atoms with Crippen molar-refractivity contribution in [3.05, 3.63) is 45.1 Å². The van der Waals surface area contributed by atoms with Gasteiger partial charge in [0.2, 0.25) is 5.95 Å². The van der Waals surface area contributed by atoms with Crippen LogP contribution in [0.2, 0.25) is 0 Å². The lowest BCUT2D eigenvalue weighted by Gasteiger charge is -2.26. The van der Waals surface area contributed by atoms with E-state index in [-0.39, 0.29) is 24.3 Å². The van der Waals surface area contributed by atoms with Gasteiger partial charge in [-0.25, -0.2) is 4.79 Å². The largest absolute Gasteiger partial charge is 0.497 e. The second-order valence-corrected chi connectivity index (χ2v) is 8.06. The first-order valence-corrected chi connectivity index (χ1v) is 11.1. The molecule has 3 heterocycles. The van der Waals surface area contributed by atoms with Crippen LogP contribution >= 0.6 is 0 Å². The molecule has 184 valence electrons. The van der Waals surface area contributed by atoms with Gasteiger partial charge in [0, 0.05) is 33.2 Å². The van der Waals surface area contributed by atoms with Crippen molar-refractivity contribution in [2.24, 2.45) is 7.05 Å². The number of aromatic amines is 1. The molecule has 12 nitrogen and oxygen atoms in total. The average Bonchev–Trinajstić information content (AvgIpc) is 3.21. The zero-order valence-corrected chi connectivity index (χ0v) is 19.3. The molecule has 3 N–H and O–H groups in total. The Morgan fingerprint density at radius 2 is 1.91 bits per heavy atom. The van der Waals surface area contributed by atoms with Gasteiger partial charge in [0.1, 0.15) is 24.2 Å². The summed E-state index contributed by atoms with van der Waals surface area (Å²) in [5.74, 6) is 1.69. The summed E-state index contributed by atoms with van der Waals surface area (Å²) >= 11 is 0. The SMILES string of the molecule is COc1ccc(OC[C@H](O)Cn2c(NCCN3CCOCC3)nc3c2c(=O)[nH]c(=O)n3C)cc1. The van der Waals surface area contributed by atoms with Crippen LogP contribution in [0, 0.1) is 0 Å². The summed E-state index contributed by atoms with van der Waals surface area (Å²) in [5, 5.41) is 13.9. The number of hydrogen-bond donors (Lipinski definition) is 3. The third-order valence-electron chi connectivity index (χ3n) is 5.72. The van der Waals surface area contributed by atoms with E-state index in [4.69, 9.17) is 14.2 Å². The van der Waals surface area contributed by atoms with Crippen LogP contribution in [0.5, 0.6) is 11.5 Å². The van der Waals surface area contributed by atoms with Gasteiger partial charge in [-0.1, -0.05) is 0 Å². The molecule has 1 aliphatic rings. The molecule has 34 heavy (non-hydrogen) atoms. The third-order valence-corrected chi connectivity index (χ3v) is 5.72. The Hall–Kier alpha value is -3.35. The number of nitrogens with one attached hydrogen (secondary N) is 2. The normalized spacial score (nSPS) is 15.4. The molecule has 0 bridgehead atoms. The highest BCUT2D eigenvalue weighted by Crippen LogP contribution is 2.19. The monoisotopic (exact) mass is 474 g/mol. The number of aliphatic hydroxyl groups is 1. The van der Waals surface area contributed by atoms with Gasteiger partial charge in [-0.3, -0.25) is 19.2 Å². The molecule has 0 unspecified atom stereocenters. The summed E-state index contributed by atoms with van der Waals surface area (Å²) in [6, 6.07) is 7.03. The number of hydrogen-bond acceptors (Lipinski definition) is 9. The number of anilines is 1. The average molecular weight is 475 g/mol. The van der Waals surface area contributed by atoms with Crippen molar-refractivity contribution in [2.75, 3.05) is 58.4 Å². The minimum absolute atomic E-state index is 0.00287. The molecular weight excluding hydrogens is 444 g/mol. The lowest BCUT2D eigenvalue weighted by molar-refractivity contribution is 0.0398. The van der Waals surface area contributed by atoms with Crippen molar-refractivity contribution in [2.45, 2.75) is 12.6 Å². The third kappa shape index (κ3) is 5.41. The number of benzene rings is 1. The van der Waals surface area contributed by atoms with E-state index >= 15 is 0 Å². The van der Waals surface area contributed by atoms with E-state index in [0.29, 0.717) is 37.2 Å². The van der Waals surface area contributed by atoms with Gasteiger partial charge in [-0.05, 0) is 24.3 Å². The maximum Gasteiger partial charge on any atom is 0.329 e. The smallest absolute Gasteiger partial charge is 0.329 e. The van der Waals surface area contributed by atoms with Crippen molar-refractivity contribution >= 4 is 17.1 Å². The maximum atomic E-state index is 12.6. The summed E-state index contributed by atoms with van der Waals surface area (Å²) < 4.78 is 19.1. The second kappa shape index (κ2) is 10.7. The molecule has 0 saturated carbocycles. The molecule has 2 aromatic heterocycles. The van der Waals surface area contributed by atoms with E-state index in [2.05, 4.69) is 20.2 Å². The summed E-state index contributed by atoms with van der Waals surface area (Å²) in [6.45, 7) is 4.52. The summed E-state index contributed by atoms with van der Waals surface area (Å²) in [7, 11) is 3.12. The Kier molecular flexibility index (Phi) is 7.50. The highest BCUT2D eigenvalue weighted by atomic mass is 16.5. The van der Waals surface area contributed by atoms with Gasteiger partial charge >= 0.3 is 5.69 Å². The molecule has 12 heteroatoms. The van der Waals surface area contributed by atoms with Gasteiger partial charge in [0.25, 0.3) is 5.56 Å². The van der Waals surface area contributed by atoms with Gasteiger partial charge in [-0.2, -0.15) is 4.98 Å². The Balaban J connectivity index is 1.50. The first-order valence-electron chi connectivity index (χ1n) is 11.1. The molecule has 1 aromatic carbocycles. The predicted molar refractivity (Wildman–Crippen MR) is 126 cm³/mol. The van der Waals surface area contributed by atoms with Crippen LogP contribution in [0.3, 0.4) is 0 Å². The number of aliphatic hydroxyl groups excluding tert-OH is 1. The van der Waals surface area contributed by atoms with Crippen LogP contribution < -0.4 is 26.0 Å². The summed E-state index contributed by atoms with van der Waals surface area (Å²) in [4.78, 5) is 33.7. The van der Waals surface area contributed by atoms with E-state index in [9.17, 15) is 14.7 Å². The Labute approximate surface area is 195 Å². The molecule has 1 fully saturated rings. The molecule has 0 spiro atoms. The molecule has 0 radical (unpaired) electrons. The summed E-state index contributed by atoms with van der Waals surface area (Å²) in [6.07, 6.45) is -0.934. The number of fused-ring (bicyclic) bond motifs is 1. The van der Waals surface area contributed by atoms with E-state index in [0.717, 1.165) is 19.6 Å². The van der Waals surface area contributed by atoms with E-state index < -0.39 is 17.4 Å². The van der Waals surface area contributed by atoms with Crippen molar-refractivity contribution < 1.29 is 19.3 Å². The number of H-pyrrole nitrogens is 1. The van der Waals surface area contributed by atoms with Gasteiger partial charge in [-0.15, -0.1) is 0 Å². The molecule has 1 saturated heterocycles. The minimum Gasteiger partial charge on any atom is -0.497 e.